The fraction of sp³-hybridized carbons (Fsp3) is 0.400. The predicted octanol–water partition coefficient (Wildman–Crippen LogP) is 4.04. The lowest BCUT2D eigenvalue weighted by Gasteiger charge is -2.26. The van der Waals surface area contributed by atoms with Crippen LogP contribution in [0.1, 0.15) is 23.1 Å². The van der Waals surface area contributed by atoms with Gasteiger partial charge in [0.2, 0.25) is 0 Å². The average molecular weight is 360 g/mol. The third-order valence-corrected chi connectivity index (χ3v) is 6.09. The topological polar surface area (TPSA) is 12.5 Å². The van der Waals surface area contributed by atoms with Crippen molar-refractivity contribution in [2.24, 2.45) is 0 Å². The van der Waals surface area contributed by atoms with Crippen LogP contribution in [0.5, 0.6) is 0 Å². The van der Waals surface area contributed by atoms with Gasteiger partial charge in [-0.2, -0.15) is 0 Å². The van der Waals surface area contributed by atoms with E-state index >= 15 is 0 Å². The Kier molecular flexibility index (Phi) is 8.54. The Labute approximate surface area is 154 Å². The molecule has 1 aliphatic rings. The molecule has 0 amide bonds. The molecule has 4 heteroatoms. The zero-order valence-electron chi connectivity index (χ0n) is 14.1. The van der Waals surface area contributed by atoms with Gasteiger partial charge in [-0.25, -0.2) is 0 Å². The molecule has 1 fully saturated rings. The number of hydrogen-bond donors (Lipinski definition) is 0. The number of hydrogen-bond acceptors (Lipinski definition) is 2. The minimum atomic E-state index is 0. The van der Waals surface area contributed by atoms with E-state index in [0.717, 1.165) is 35.8 Å². The maximum atomic E-state index is 5.42. The van der Waals surface area contributed by atoms with Gasteiger partial charge in [-0.05, 0) is 29.6 Å². The third kappa shape index (κ3) is 5.74. The van der Waals surface area contributed by atoms with Crippen molar-refractivity contribution >= 4 is 21.9 Å². The molecule has 0 aliphatic carbocycles. The summed E-state index contributed by atoms with van der Waals surface area (Å²) >= 11 is 0. The molecular weight excluding hydrogens is 334 g/mol. The van der Waals surface area contributed by atoms with Gasteiger partial charge in [0.1, 0.15) is 0 Å². The van der Waals surface area contributed by atoms with E-state index in [4.69, 9.17) is 4.74 Å². The minimum Gasteiger partial charge on any atom is -0.379 e. The van der Waals surface area contributed by atoms with Crippen molar-refractivity contribution < 1.29 is 4.74 Å². The largest absolute Gasteiger partial charge is 0.379 e. The monoisotopic (exact) mass is 359 g/mol. The van der Waals surface area contributed by atoms with Crippen LogP contribution in [0.3, 0.4) is 0 Å². The second-order valence-corrected chi connectivity index (χ2v) is 7.50. The van der Waals surface area contributed by atoms with Crippen LogP contribution in [0.4, 0.5) is 0 Å². The molecule has 2 aromatic rings. The fourth-order valence-corrected chi connectivity index (χ4v) is 4.60. The molecule has 0 unspecified atom stereocenters. The molecule has 0 saturated carbocycles. The minimum absolute atomic E-state index is 0. The van der Waals surface area contributed by atoms with E-state index in [1.54, 1.807) is 0 Å². The Morgan fingerprint density at radius 2 is 1.42 bits per heavy atom. The van der Waals surface area contributed by atoms with Crippen LogP contribution < -0.4 is 0 Å². The summed E-state index contributed by atoms with van der Waals surface area (Å²) in [6.45, 7) is 5.22. The molecule has 0 spiro atoms. The number of halogens is 1. The molecule has 1 saturated heterocycles. The van der Waals surface area contributed by atoms with Gasteiger partial charge in [0.15, 0.2) is 0 Å². The summed E-state index contributed by atoms with van der Waals surface area (Å²) in [5.74, 6) is 0. The highest BCUT2D eigenvalue weighted by Crippen LogP contribution is 2.24. The van der Waals surface area contributed by atoms with Crippen molar-refractivity contribution in [2.75, 3.05) is 32.8 Å². The second-order valence-electron chi connectivity index (χ2n) is 6.02. The summed E-state index contributed by atoms with van der Waals surface area (Å²) in [5.41, 5.74) is 3.44. The van der Waals surface area contributed by atoms with Crippen molar-refractivity contribution in [1.29, 1.82) is 0 Å². The average Bonchev–Trinajstić information content (AvgIpc) is 2.64. The number of ether oxygens (including phenoxy) is 1. The summed E-state index contributed by atoms with van der Waals surface area (Å²) in [6, 6.07) is 23.2. The second kappa shape index (κ2) is 10.7. The lowest BCUT2D eigenvalue weighted by Crippen LogP contribution is -2.36. The van der Waals surface area contributed by atoms with Crippen LogP contribution in [-0.2, 0) is 4.74 Å². The SMILES string of the molecule is Cl.c1ccc(C([Si]CCCN2CCOCC2)c2ccccc2)cc1. The van der Waals surface area contributed by atoms with Gasteiger partial charge < -0.3 is 4.74 Å². The Hall–Kier alpha value is -1.13. The van der Waals surface area contributed by atoms with E-state index in [-0.39, 0.29) is 12.4 Å². The van der Waals surface area contributed by atoms with E-state index in [0.29, 0.717) is 5.54 Å². The van der Waals surface area contributed by atoms with E-state index in [1.807, 2.05) is 0 Å². The molecule has 2 aromatic carbocycles. The molecule has 2 nitrogen and oxygen atoms in total. The number of benzene rings is 2. The van der Waals surface area contributed by atoms with E-state index in [2.05, 4.69) is 65.6 Å². The Bertz CT molecular complexity index is 521. The van der Waals surface area contributed by atoms with E-state index < -0.39 is 0 Å². The van der Waals surface area contributed by atoms with Gasteiger partial charge in [-0.1, -0.05) is 66.7 Å². The molecule has 3 rings (SSSR count). The Morgan fingerprint density at radius 1 is 0.875 bits per heavy atom. The van der Waals surface area contributed by atoms with Gasteiger partial charge in [0.05, 0.1) is 22.7 Å². The standard InChI is InChI=1S/C20H25NOSi.ClH/c1-3-8-18(9-4-1)20(19-10-5-2-6-11-19)23-17-7-12-21-13-15-22-16-14-21;/h1-6,8-11,20H,7,12-17H2;1H. The molecular formula is C20H26ClNOSi. The number of rotatable bonds is 7. The van der Waals surface area contributed by atoms with Crippen LogP contribution in [0.15, 0.2) is 60.7 Å². The first-order valence-corrected chi connectivity index (χ1v) is 9.85. The van der Waals surface area contributed by atoms with Crippen molar-refractivity contribution in [2.45, 2.75) is 18.0 Å². The predicted molar refractivity (Wildman–Crippen MR) is 104 cm³/mol. The molecule has 0 aromatic heterocycles. The summed E-state index contributed by atoms with van der Waals surface area (Å²) < 4.78 is 5.42. The summed E-state index contributed by atoms with van der Waals surface area (Å²) in [4.78, 5) is 2.54. The maximum Gasteiger partial charge on any atom is 0.0594 e. The normalized spacial score (nSPS) is 15.2. The highest BCUT2D eigenvalue weighted by molar-refractivity contribution is 6.39. The van der Waals surface area contributed by atoms with Crippen LogP contribution >= 0.6 is 12.4 Å². The highest BCUT2D eigenvalue weighted by atomic mass is 35.5. The molecule has 0 N–H and O–H groups in total. The molecule has 24 heavy (non-hydrogen) atoms. The van der Waals surface area contributed by atoms with Gasteiger partial charge in [-0.3, -0.25) is 4.90 Å². The van der Waals surface area contributed by atoms with Gasteiger partial charge >= 0.3 is 0 Å². The van der Waals surface area contributed by atoms with Crippen LogP contribution in [-0.4, -0.2) is 47.3 Å². The number of morpholine rings is 1. The zero-order valence-corrected chi connectivity index (χ0v) is 15.9. The zero-order chi connectivity index (χ0) is 15.7. The highest BCUT2D eigenvalue weighted by Gasteiger charge is 2.15. The van der Waals surface area contributed by atoms with E-state index in [1.165, 1.54) is 30.1 Å². The lowest BCUT2D eigenvalue weighted by atomic mass is 10.0. The molecule has 1 aliphatic heterocycles. The fourth-order valence-electron chi connectivity index (χ4n) is 3.09. The first-order valence-electron chi connectivity index (χ1n) is 8.57. The van der Waals surface area contributed by atoms with E-state index in [9.17, 15) is 0 Å². The van der Waals surface area contributed by atoms with Crippen molar-refractivity contribution in [3.05, 3.63) is 71.8 Å². The van der Waals surface area contributed by atoms with Crippen LogP contribution in [0, 0.1) is 0 Å². The molecule has 1 heterocycles. The Balaban J connectivity index is 0.00000208. The first kappa shape index (κ1) is 19.2. The van der Waals surface area contributed by atoms with Gasteiger partial charge in [0, 0.05) is 13.1 Å². The lowest BCUT2D eigenvalue weighted by molar-refractivity contribution is 0.0380. The first-order chi connectivity index (χ1) is 11.4. The van der Waals surface area contributed by atoms with Gasteiger partial charge in [0.25, 0.3) is 0 Å². The third-order valence-electron chi connectivity index (χ3n) is 4.37. The van der Waals surface area contributed by atoms with Crippen LogP contribution in [0.25, 0.3) is 0 Å². The van der Waals surface area contributed by atoms with Crippen molar-refractivity contribution in [1.82, 2.24) is 4.90 Å². The molecule has 0 atom stereocenters. The number of nitrogens with zero attached hydrogens (tertiary/aromatic N) is 1. The molecule has 2 radical (unpaired) electrons. The molecule has 128 valence electrons. The smallest absolute Gasteiger partial charge is 0.0594 e. The van der Waals surface area contributed by atoms with Crippen molar-refractivity contribution in [3.8, 4) is 0 Å². The quantitative estimate of drug-likeness (QED) is 0.546. The summed E-state index contributed by atoms with van der Waals surface area (Å²) in [5, 5.41) is 0. The molecule has 0 bridgehead atoms. The van der Waals surface area contributed by atoms with Gasteiger partial charge in [-0.15, -0.1) is 12.4 Å². The van der Waals surface area contributed by atoms with Crippen LogP contribution in [0.2, 0.25) is 6.04 Å². The van der Waals surface area contributed by atoms with Crippen molar-refractivity contribution in [3.63, 3.8) is 0 Å². The maximum absolute atomic E-state index is 5.42. The Morgan fingerprint density at radius 3 is 1.96 bits per heavy atom. The summed E-state index contributed by atoms with van der Waals surface area (Å²) in [7, 11) is 0.941. The summed E-state index contributed by atoms with van der Waals surface area (Å²) in [6.07, 6.45) is 1.29.